The van der Waals surface area contributed by atoms with Gasteiger partial charge in [-0.25, -0.2) is 0 Å². The van der Waals surface area contributed by atoms with E-state index in [0.717, 1.165) is 10.8 Å². The predicted octanol–water partition coefficient (Wildman–Crippen LogP) is 1.58. The predicted molar refractivity (Wildman–Crippen MR) is 42.2 cm³/mol. The summed E-state index contributed by atoms with van der Waals surface area (Å²) < 4.78 is 4.84. The molecule has 1 aromatic heterocycles. The van der Waals surface area contributed by atoms with Gasteiger partial charge in [0.15, 0.2) is 6.26 Å². The fourth-order valence-corrected chi connectivity index (χ4v) is 0.849. The molecule has 1 nitrogen and oxygen atoms in total. The van der Waals surface area contributed by atoms with Crippen LogP contribution in [0.5, 0.6) is 0 Å². The van der Waals surface area contributed by atoms with Crippen LogP contribution in [-0.2, 0) is 0 Å². The van der Waals surface area contributed by atoms with Crippen molar-refractivity contribution in [1.82, 2.24) is 0 Å². The van der Waals surface area contributed by atoms with E-state index in [9.17, 15) is 0 Å². The first-order chi connectivity index (χ1) is 4.47. The largest absolute Gasteiger partial charge is 0.460 e. The standard InChI is InChI=1S/C8H5O.Na.H/c1-2-4-8-6-9-5-7(8)3-1;;/h1-5H;;. The Balaban J connectivity index is 0.000000500. The smallest absolute Gasteiger partial charge is 0.177 e. The average Bonchev–Trinajstić information content (AvgIpc) is 2.33. The monoisotopic (exact) mass is 141 g/mol. The Morgan fingerprint density at radius 3 is 2.80 bits per heavy atom. The molecule has 0 aliphatic carbocycles. The Hall–Kier alpha value is -0.240. The van der Waals surface area contributed by atoms with Crippen molar-refractivity contribution in [3.05, 3.63) is 36.8 Å². The van der Waals surface area contributed by atoms with Crippen molar-refractivity contribution in [3.63, 3.8) is 0 Å². The zero-order chi connectivity index (χ0) is 6.10. The third-order valence-electron chi connectivity index (χ3n) is 1.32. The molecule has 2 aromatic rings. The second-order valence-corrected chi connectivity index (χ2v) is 1.93. The van der Waals surface area contributed by atoms with E-state index in [2.05, 4.69) is 6.26 Å². The molecule has 0 bridgehead atoms. The third kappa shape index (κ3) is 1.26. The van der Waals surface area contributed by atoms with Gasteiger partial charge in [0.25, 0.3) is 0 Å². The molecular weight excluding hydrogens is 135 g/mol. The van der Waals surface area contributed by atoms with Gasteiger partial charge in [0.2, 0.25) is 0 Å². The zero-order valence-corrected chi connectivity index (χ0v) is 4.79. The van der Waals surface area contributed by atoms with E-state index >= 15 is 0 Å². The SMILES string of the molecule is [NaH].[c]1occ2ccccc12. The number of fused-ring (bicyclic) bond motifs is 1. The molecule has 1 radical (unpaired) electrons. The van der Waals surface area contributed by atoms with E-state index < -0.39 is 0 Å². The van der Waals surface area contributed by atoms with E-state index in [0.29, 0.717) is 0 Å². The van der Waals surface area contributed by atoms with Crippen LogP contribution in [-0.4, -0.2) is 29.6 Å². The molecule has 0 unspecified atom stereocenters. The molecule has 1 heterocycles. The molecule has 45 valence electrons. The molecule has 0 amide bonds. The summed E-state index contributed by atoms with van der Waals surface area (Å²) in [6.45, 7) is 0. The van der Waals surface area contributed by atoms with Gasteiger partial charge >= 0.3 is 29.6 Å². The average molecular weight is 141 g/mol. The first-order valence-corrected chi connectivity index (χ1v) is 2.81. The molecule has 0 N–H and O–H groups in total. The second kappa shape index (κ2) is 3.24. The van der Waals surface area contributed by atoms with Gasteiger partial charge in [-0.2, -0.15) is 0 Å². The van der Waals surface area contributed by atoms with Gasteiger partial charge in [0.1, 0.15) is 0 Å². The summed E-state index contributed by atoms with van der Waals surface area (Å²) in [5.41, 5.74) is 0. The molecule has 0 aliphatic rings. The first-order valence-electron chi connectivity index (χ1n) is 2.81. The molecule has 0 atom stereocenters. The van der Waals surface area contributed by atoms with Crippen molar-refractivity contribution >= 4 is 40.3 Å². The van der Waals surface area contributed by atoms with E-state index in [-0.39, 0.29) is 29.6 Å². The fraction of sp³-hybridized carbons (Fsp3) is 0. The van der Waals surface area contributed by atoms with Gasteiger partial charge < -0.3 is 4.42 Å². The number of hydrogen-bond donors (Lipinski definition) is 0. The van der Waals surface area contributed by atoms with Gasteiger partial charge in [-0.1, -0.05) is 24.3 Å². The minimum Gasteiger partial charge on any atom is -0.460 e. The van der Waals surface area contributed by atoms with E-state index in [4.69, 9.17) is 4.42 Å². The van der Waals surface area contributed by atoms with Gasteiger partial charge in [-0.15, -0.1) is 0 Å². The van der Waals surface area contributed by atoms with Crippen LogP contribution < -0.4 is 0 Å². The summed E-state index contributed by atoms with van der Waals surface area (Å²) >= 11 is 0. The topological polar surface area (TPSA) is 13.1 Å². The Morgan fingerprint density at radius 1 is 1.20 bits per heavy atom. The summed E-state index contributed by atoms with van der Waals surface area (Å²) in [7, 11) is 0. The van der Waals surface area contributed by atoms with Crippen LogP contribution in [0, 0.1) is 6.26 Å². The first kappa shape index (κ1) is 7.86. The quantitative estimate of drug-likeness (QED) is 0.508. The van der Waals surface area contributed by atoms with Crippen LogP contribution in [0.1, 0.15) is 0 Å². The van der Waals surface area contributed by atoms with Crippen molar-refractivity contribution in [1.29, 1.82) is 0 Å². The van der Waals surface area contributed by atoms with Crippen LogP contribution in [0.2, 0.25) is 0 Å². The van der Waals surface area contributed by atoms with Crippen molar-refractivity contribution < 1.29 is 4.42 Å². The van der Waals surface area contributed by atoms with E-state index in [1.54, 1.807) is 6.26 Å². The molecule has 1 aromatic carbocycles. The zero-order valence-electron chi connectivity index (χ0n) is 4.79. The van der Waals surface area contributed by atoms with E-state index in [1.807, 2.05) is 24.3 Å². The third-order valence-corrected chi connectivity index (χ3v) is 1.32. The molecule has 10 heavy (non-hydrogen) atoms. The maximum Gasteiger partial charge on any atom is 0.177 e. The molecule has 0 aliphatic heterocycles. The van der Waals surface area contributed by atoms with E-state index in [1.165, 1.54) is 0 Å². The summed E-state index contributed by atoms with van der Waals surface area (Å²) in [5.74, 6) is 0. The van der Waals surface area contributed by atoms with Gasteiger partial charge in [-0.05, 0) is 0 Å². The molecule has 0 saturated heterocycles. The van der Waals surface area contributed by atoms with Crippen molar-refractivity contribution in [2.75, 3.05) is 0 Å². The van der Waals surface area contributed by atoms with Crippen LogP contribution in [0.25, 0.3) is 10.8 Å². The number of hydrogen-bond acceptors (Lipinski definition) is 1. The van der Waals surface area contributed by atoms with Crippen molar-refractivity contribution in [2.24, 2.45) is 0 Å². The maximum absolute atomic E-state index is 4.84. The van der Waals surface area contributed by atoms with Gasteiger partial charge in [-0.3, -0.25) is 0 Å². The Morgan fingerprint density at radius 2 is 2.00 bits per heavy atom. The normalized spacial score (nSPS) is 9.20. The van der Waals surface area contributed by atoms with Gasteiger partial charge in [0, 0.05) is 10.8 Å². The minimum absolute atomic E-state index is 0. The number of rotatable bonds is 0. The summed E-state index contributed by atoms with van der Waals surface area (Å²) in [5, 5.41) is 2.15. The van der Waals surface area contributed by atoms with Crippen molar-refractivity contribution in [2.45, 2.75) is 0 Å². The Bertz CT molecular complexity index is 283. The molecular formula is C8H6NaO. The minimum atomic E-state index is 0. The Kier molecular flexibility index (Phi) is 2.55. The van der Waals surface area contributed by atoms with Crippen LogP contribution in [0.4, 0.5) is 0 Å². The Labute approximate surface area is 81.3 Å². The molecule has 0 fully saturated rings. The number of benzene rings is 1. The summed E-state index contributed by atoms with van der Waals surface area (Å²) in [6.07, 6.45) is 4.43. The van der Waals surface area contributed by atoms with Crippen molar-refractivity contribution in [3.8, 4) is 0 Å². The maximum atomic E-state index is 4.84. The fourth-order valence-electron chi connectivity index (χ4n) is 0.849. The second-order valence-electron chi connectivity index (χ2n) is 1.93. The summed E-state index contributed by atoms with van der Waals surface area (Å²) in [6, 6.07) is 7.91. The molecule has 2 heteroatoms. The molecule has 0 saturated carbocycles. The molecule has 0 spiro atoms. The van der Waals surface area contributed by atoms with Gasteiger partial charge in [0.05, 0.1) is 6.26 Å². The summed E-state index contributed by atoms with van der Waals surface area (Å²) in [4.78, 5) is 0. The van der Waals surface area contributed by atoms with Crippen LogP contribution in [0.3, 0.4) is 0 Å². The number of furan rings is 1. The molecule has 2 rings (SSSR count). The van der Waals surface area contributed by atoms with Crippen LogP contribution in [0.15, 0.2) is 34.9 Å². The van der Waals surface area contributed by atoms with Crippen LogP contribution >= 0.6 is 0 Å².